The first kappa shape index (κ1) is 28.9. The molecule has 1 aliphatic heterocycles. The van der Waals surface area contributed by atoms with Crippen LogP contribution in [0.3, 0.4) is 0 Å². The monoisotopic (exact) mass is 501 g/mol. The zero-order valence-corrected chi connectivity index (χ0v) is 23.1. The van der Waals surface area contributed by atoms with Gasteiger partial charge < -0.3 is 25.0 Å². The fraction of sp³-hybridized carbons (Fsp3) is 0.767. The largest absolute Gasteiger partial charge is 0.385 e. The van der Waals surface area contributed by atoms with Crippen molar-refractivity contribution in [2.45, 2.75) is 89.2 Å². The number of benzene rings is 1. The van der Waals surface area contributed by atoms with Gasteiger partial charge >= 0.3 is 6.03 Å². The van der Waals surface area contributed by atoms with Crippen molar-refractivity contribution in [3.05, 3.63) is 35.9 Å². The second-order valence-corrected chi connectivity index (χ2v) is 11.4. The Morgan fingerprint density at radius 1 is 1.14 bits per heavy atom. The minimum Gasteiger partial charge on any atom is -0.385 e. The lowest BCUT2D eigenvalue weighted by atomic mass is 9.74. The zero-order valence-electron chi connectivity index (χ0n) is 23.1. The molecule has 0 spiro atoms. The number of amides is 2. The average molecular weight is 502 g/mol. The third kappa shape index (κ3) is 8.74. The van der Waals surface area contributed by atoms with Gasteiger partial charge in [-0.3, -0.25) is 0 Å². The molecule has 1 aromatic rings. The fourth-order valence-corrected chi connectivity index (χ4v) is 6.32. The maximum Gasteiger partial charge on any atom is 0.317 e. The van der Waals surface area contributed by atoms with Crippen LogP contribution in [0, 0.1) is 11.8 Å². The Hall–Kier alpha value is -1.63. The Morgan fingerprint density at radius 3 is 2.58 bits per heavy atom. The number of rotatable bonds is 13. The number of aliphatic hydroxyl groups is 1. The minimum absolute atomic E-state index is 0.0251. The van der Waals surface area contributed by atoms with Gasteiger partial charge in [0.1, 0.15) is 0 Å². The minimum atomic E-state index is -0.933. The molecule has 1 aliphatic carbocycles. The number of likely N-dealkylation sites (tertiary alicyclic amines) is 1. The molecule has 0 aromatic heterocycles. The van der Waals surface area contributed by atoms with Crippen LogP contribution in [0.15, 0.2) is 30.3 Å². The second kappa shape index (κ2) is 14.9. The van der Waals surface area contributed by atoms with Crippen molar-refractivity contribution in [2.24, 2.45) is 11.8 Å². The molecule has 2 aliphatic rings. The van der Waals surface area contributed by atoms with Gasteiger partial charge in [0.15, 0.2) is 0 Å². The van der Waals surface area contributed by atoms with Crippen LogP contribution in [0.5, 0.6) is 0 Å². The van der Waals surface area contributed by atoms with Crippen molar-refractivity contribution in [3.8, 4) is 0 Å². The highest BCUT2D eigenvalue weighted by atomic mass is 16.5. The summed E-state index contributed by atoms with van der Waals surface area (Å²) in [5.74, 6) is 0.745. The number of nitrogens with one attached hydrogen (secondary N) is 1. The van der Waals surface area contributed by atoms with E-state index < -0.39 is 5.60 Å². The van der Waals surface area contributed by atoms with Gasteiger partial charge in [-0.05, 0) is 71.0 Å². The smallest absolute Gasteiger partial charge is 0.317 e. The van der Waals surface area contributed by atoms with Gasteiger partial charge in [0.05, 0.1) is 5.60 Å². The average Bonchev–Trinajstić information content (AvgIpc) is 2.89. The number of carbonyl (C=O) groups excluding carboxylic acids is 1. The van der Waals surface area contributed by atoms with Gasteiger partial charge in [0, 0.05) is 44.8 Å². The molecule has 3 atom stereocenters. The van der Waals surface area contributed by atoms with Gasteiger partial charge in [-0.2, -0.15) is 0 Å². The lowest BCUT2D eigenvalue weighted by molar-refractivity contribution is -0.0566. The van der Waals surface area contributed by atoms with E-state index in [1.807, 2.05) is 42.2 Å². The van der Waals surface area contributed by atoms with Crippen molar-refractivity contribution in [3.63, 3.8) is 0 Å². The molecular formula is C30H51N3O3. The van der Waals surface area contributed by atoms with Gasteiger partial charge in [0.25, 0.3) is 0 Å². The maximum absolute atomic E-state index is 13.5. The fourth-order valence-electron chi connectivity index (χ4n) is 6.32. The van der Waals surface area contributed by atoms with Crippen LogP contribution in [0.25, 0.3) is 0 Å². The third-order valence-electron chi connectivity index (χ3n) is 8.21. The molecule has 2 amide bonds. The Kier molecular flexibility index (Phi) is 12.0. The normalized spacial score (nSPS) is 21.8. The Balaban J connectivity index is 1.65. The first-order chi connectivity index (χ1) is 17.4. The highest BCUT2D eigenvalue weighted by molar-refractivity contribution is 5.74. The molecule has 0 unspecified atom stereocenters. The zero-order chi connectivity index (χ0) is 25.8. The van der Waals surface area contributed by atoms with E-state index in [2.05, 4.69) is 24.3 Å². The van der Waals surface area contributed by atoms with Gasteiger partial charge in [-0.1, -0.05) is 62.4 Å². The lowest BCUT2D eigenvalue weighted by Gasteiger charge is -2.43. The SMILES string of the molecule is CCOCCCC[C@@](O)(c1ccccc1)[C@@H]1CCCN(C(=O)N[C@@H](CC2CCCCC2)CN(C)C)C1. The molecule has 204 valence electrons. The van der Waals surface area contributed by atoms with E-state index in [4.69, 9.17) is 4.74 Å². The molecule has 1 aromatic carbocycles. The molecule has 36 heavy (non-hydrogen) atoms. The summed E-state index contributed by atoms with van der Waals surface area (Å²) in [5.41, 5.74) is 0.0360. The van der Waals surface area contributed by atoms with Crippen LogP contribution in [0.4, 0.5) is 4.79 Å². The number of nitrogens with zero attached hydrogens (tertiary/aromatic N) is 2. The molecule has 6 nitrogen and oxygen atoms in total. The van der Waals surface area contributed by atoms with Gasteiger partial charge in [-0.25, -0.2) is 4.79 Å². The summed E-state index contributed by atoms with van der Waals surface area (Å²) in [5, 5.41) is 15.5. The number of ether oxygens (including phenoxy) is 1. The maximum atomic E-state index is 13.5. The van der Waals surface area contributed by atoms with Gasteiger partial charge in [-0.15, -0.1) is 0 Å². The van der Waals surface area contributed by atoms with Crippen molar-refractivity contribution in [1.29, 1.82) is 0 Å². The lowest BCUT2D eigenvalue weighted by Crippen LogP contribution is -2.54. The number of piperidine rings is 1. The number of likely N-dealkylation sites (N-methyl/N-ethyl adjacent to an activating group) is 1. The van der Waals surface area contributed by atoms with Crippen LogP contribution in [-0.2, 0) is 10.3 Å². The summed E-state index contributed by atoms with van der Waals surface area (Å²) >= 11 is 0. The molecule has 1 heterocycles. The summed E-state index contributed by atoms with van der Waals surface area (Å²) in [6.07, 6.45) is 12.0. The van der Waals surface area contributed by atoms with Crippen LogP contribution < -0.4 is 5.32 Å². The Bertz CT molecular complexity index is 753. The van der Waals surface area contributed by atoms with E-state index in [9.17, 15) is 9.90 Å². The number of urea groups is 1. The van der Waals surface area contributed by atoms with E-state index in [-0.39, 0.29) is 18.0 Å². The van der Waals surface area contributed by atoms with Crippen LogP contribution in [0.2, 0.25) is 0 Å². The van der Waals surface area contributed by atoms with E-state index >= 15 is 0 Å². The van der Waals surface area contributed by atoms with E-state index in [0.29, 0.717) is 13.0 Å². The number of unbranched alkanes of at least 4 members (excludes halogenated alkanes) is 1. The van der Waals surface area contributed by atoms with Crippen LogP contribution in [-0.4, -0.2) is 73.9 Å². The predicted octanol–water partition coefficient (Wildman–Crippen LogP) is 5.40. The molecule has 1 saturated carbocycles. The van der Waals surface area contributed by atoms with Crippen LogP contribution >= 0.6 is 0 Å². The van der Waals surface area contributed by atoms with Crippen molar-refractivity contribution < 1.29 is 14.6 Å². The quantitative estimate of drug-likeness (QED) is 0.355. The molecule has 3 rings (SSSR count). The summed E-state index contributed by atoms with van der Waals surface area (Å²) < 4.78 is 5.52. The van der Waals surface area contributed by atoms with Crippen molar-refractivity contribution >= 4 is 6.03 Å². The number of hydrogen-bond donors (Lipinski definition) is 2. The molecule has 1 saturated heterocycles. The first-order valence-electron chi connectivity index (χ1n) is 14.5. The summed E-state index contributed by atoms with van der Waals surface area (Å²) in [6.45, 7) is 5.70. The molecule has 0 radical (unpaired) electrons. The van der Waals surface area contributed by atoms with Crippen LogP contribution in [0.1, 0.15) is 83.1 Å². The third-order valence-corrected chi connectivity index (χ3v) is 8.21. The topological polar surface area (TPSA) is 65.0 Å². The first-order valence-corrected chi connectivity index (χ1v) is 14.5. The van der Waals surface area contributed by atoms with Crippen molar-refractivity contribution in [2.75, 3.05) is 46.9 Å². The summed E-state index contributed by atoms with van der Waals surface area (Å²) in [7, 11) is 4.17. The highest BCUT2D eigenvalue weighted by Crippen LogP contribution is 2.39. The highest BCUT2D eigenvalue weighted by Gasteiger charge is 2.41. The van der Waals surface area contributed by atoms with Crippen molar-refractivity contribution in [1.82, 2.24) is 15.1 Å². The Labute approximate surface area is 219 Å². The molecular weight excluding hydrogens is 450 g/mol. The van der Waals surface area contributed by atoms with E-state index in [0.717, 1.165) is 69.9 Å². The standard InChI is InChI=1S/C30H51N3O3/c1-4-36-21-12-11-19-30(35,26-16-9-6-10-17-26)27-18-13-20-33(23-27)29(34)31-28(24-32(2)3)22-25-14-7-5-8-15-25/h6,9-10,16-17,25,27-28,35H,4-5,7-8,11-15,18-24H2,1-3H3,(H,31,34)/t27-,28+,30-/m1/s1. The molecule has 0 bridgehead atoms. The molecule has 2 fully saturated rings. The number of hydrogen-bond acceptors (Lipinski definition) is 4. The second-order valence-electron chi connectivity index (χ2n) is 11.4. The predicted molar refractivity (Wildman–Crippen MR) is 147 cm³/mol. The van der Waals surface area contributed by atoms with Gasteiger partial charge in [0.2, 0.25) is 0 Å². The molecule has 2 N–H and O–H groups in total. The summed E-state index contributed by atoms with van der Waals surface area (Å²) in [6, 6.07) is 10.3. The van der Waals surface area contributed by atoms with E-state index in [1.165, 1.54) is 32.1 Å². The number of carbonyl (C=O) groups is 1. The molecule has 6 heteroatoms. The Morgan fingerprint density at radius 2 is 1.89 bits per heavy atom. The van der Waals surface area contributed by atoms with E-state index in [1.54, 1.807) is 0 Å². The summed E-state index contributed by atoms with van der Waals surface area (Å²) in [4.78, 5) is 17.6.